The fourth-order valence-electron chi connectivity index (χ4n) is 1.95. The molecule has 0 aliphatic rings. The molecule has 4 nitrogen and oxygen atoms in total. The van der Waals surface area contributed by atoms with Crippen molar-refractivity contribution in [2.45, 2.75) is 26.9 Å². The minimum Gasteiger partial charge on any atom is -0.451 e. The van der Waals surface area contributed by atoms with Crippen molar-refractivity contribution >= 4 is 23.4 Å². The Labute approximate surface area is 134 Å². The number of carbonyl (C=O) groups excluding carboxylic acids is 2. The number of aryl methyl sites for hydroxylation is 2. The molecule has 0 bridgehead atoms. The zero-order valence-electron chi connectivity index (χ0n) is 12.6. The molecule has 0 N–H and O–H groups in total. The van der Waals surface area contributed by atoms with Crippen LogP contribution in [0.4, 0.5) is 0 Å². The van der Waals surface area contributed by atoms with Crippen molar-refractivity contribution in [3.05, 3.63) is 63.9 Å². The van der Waals surface area contributed by atoms with Crippen molar-refractivity contribution < 1.29 is 14.3 Å². The van der Waals surface area contributed by atoms with Gasteiger partial charge in [0.25, 0.3) is 0 Å². The van der Waals surface area contributed by atoms with E-state index in [1.54, 1.807) is 25.1 Å². The van der Waals surface area contributed by atoms with Gasteiger partial charge >= 0.3 is 5.97 Å². The number of halogens is 1. The standard InChI is InChI=1S/C17H16ClNO3/c1-10-6-7-13(9-11(10)2)15(20)12(3)22-17(21)14-5-4-8-19-16(14)18/h4-9,12H,1-3H3/t12-/m1/s1. The van der Waals surface area contributed by atoms with Gasteiger partial charge in [0.15, 0.2) is 6.10 Å². The maximum absolute atomic E-state index is 12.3. The monoisotopic (exact) mass is 317 g/mol. The summed E-state index contributed by atoms with van der Waals surface area (Å²) in [6.45, 7) is 5.44. The number of Topliss-reactive ketones (excluding diaryl/α,β-unsaturated/α-hetero) is 1. The second kappa shape index (κ2) is 6.71. The maximum atomic E-state index is 12.3. The second-order valence-electron chi connectivity index (χ2n) is 5.05. The molecule has 1 aromatic heterocycles. The average Bonchev–Trinajstić information content (AvgIpc) is 2.49. The first-order valence-corrected chi connectivity index (χ1v) is 7.21. The molecule has 1 aromatic carbocycles. The molecule has 1 heterocycles. The summed E-state index contributed by atoms with van der Waals surface area (Å²) in [6, 6.07) is 8.48. The van der Waals surface area contributed by atoms with Crippen molar-refractivity contribution in [3.63, 3.8) is 0 Å². The van der Waals surface area contributed by atoms with E-state index in [4.69, 9.17) is 16.3 Å². The molecule has 0 saturated carbocycles. The molecule has 2 aromatic rings. The van der Waals surface area contributed by atoms with E-state index in [2.05, 4.69) is 4.98 Å². The van der Waals surface area contributed by atoms with Crippen LogP contribution in [-0.2, 0) is 4.74 Å². The third-order valence-corrected chi connectivity index (χ3v) is 3.72. The summed E-state index contributed by atoms with van der Waals surface area (Å²) in [5.74, 6) is -0.917. The molecule has 0 unspecified atom stereocenters. The van der Waals surface area contributed by atoms with Gasteiger partial charge in [-0.05, 0) is 50.1 Å². The lowest BCUT2D eigenvalue weighted by atomic mass is 10.0. The van der Waals surface area contributed by atoms with Gasteiger partial charge in [0.05, 0.1) is 5.56 Å². The van der Waals surface area contributed by atoms with Gasteiger partial charge in [-0.1, -0.05) is 23.7 Å². The number of ether oxygens (including phenoxy) is 1. The summed E-state index contributed by atoms with van der Waals surface area (Å²) in [4.78, 5) is 28.2. The Morgan fingerprint density at radius 3 is 2.55 bits per heavy atom. The number of rotatable bonds is 4. The van der Waals surface area contributed by atoms with Crippen LogP contribution in [0.3, 0.4) is 0 Å². The fraction of sp³-hybridized carbons (Fsp3) is 0.235. The largest absolute Gasteiger partial charge is 0.451 e. The van der Waals surface area contributed by atoms with E-state index < -0.39 is 12.1 Å². The highest BCUT2D eigenvalue weighted by Gasteiger charge is 2.22. The number of aromatic nitrogens is 1. The highest BCUT2D eigenvalue weighted by molar-refractivity contribution is 6.32. The smallest absolute Gasteiger partial charge is 0.341 e. The summed E-state index contributed by atoms with van der Waals surface area (Å²) in [6.07, 6.45) is 0.578. The molecule has 2 rings (SSSR count). The summed E-state index contributed by atoms with van der Waals surface area (Å²) in [5.41, 5.74) is 2.77. The van der Waals surface area contributed by atoms with E-state index in [0.717, 1.165) is 11.1 Å². The molecule has 0 fully saturated rings. The average molecular weight is 318 g/mol. The topological polar surface area (TPSA) is 56.3 Å². The minimum absolute atomic E-state index is 0.0540. The Morgan fingerprint density at radius 2 is 1.91 bits per heavy atom. The van der Waals surface area contributed by atoms with Crippen LogP contribution in [0, 0.1) is 13.8 Å². The number of pyridine rings is 1. The van der Waals surface area contributed by atoms with E-state index in [1.807, 2.05) is 19.9 Å². The first kappa shape index (κ1) is 16.2. The Hall–Kier alpha value is -2.20. The Bertz CT molecular complexity index is 728. The van der Waals surface area contributed by atoms with Crippen LogP contribution < -0.4 is 0 Å². The lowest BCUT2D eigenvalue weighted by molar-refractivity contribution is 0.0318. The van der Waals surface area contributed by atoms with Gasteiger partial charge in [-0.15, -0.1) is 0 Å². The van der Waals surface area contributed by atoms with Gasteiger partial charge in [-0.2, -0.15) is 0 Å². The zero-order chi connectivity index (χ0) is 16.3. The van der Waals surface area contributed by atoms with Crippen LogP contribution in [-0.4, -0.2) is 22.8 Å². The quantitative estimate of drug-likeness (QED) is 0.489. The lowest BCUT2D eigenvalue weighted by Gasteiger charge is -2.13. The molecule has 0 saturated heterocycles. The highest BCUT2D eigenvalue weighted by atomic mass is 35.5. The van der Waals surface area contributed by atoms with Gasteiger partial charge in [0, 0.05) is 11.8 Å². The van der Waals surface area contributed by atoms with Crippen LogP contribution in [0.5, 0.6) is 0 Å². The van der Waals surface area contributed by atoms with E-state index in [9.17, 15) is 9.59 Å². The van der Waals surface area contributed by atoms with Crippen molar-refractivity contribution in [2.24, 2.45) is 0 Å². The highest BCUT2D eigenvalue weighted by Crippen LogP contribution is 2.16. The molecule has 22 heavy (non-hydrogen) atoms. The summed E-state index contributed by atoms with van der Waals surface area (Å²) in [7, 11) is 0. The van der Waals surface area contributed by atoms with Crippen LogP contribution in [0.2, 0.25) is 5.15 Å². The first-order chi connectivity index (χ1) is 10.4. The number of hydrogen-bond donors (Lipinski definition) is 0. The van der Waals surface area contributed by atoms with Crippen molar-refractivity contribution in [2.75, 3.05) is 0 Å². The van der Waals surface area contributed by atoms with Crippen LogP contribution in [0.1, 0.15) is 38.8 Å². The predicted octanol–water partition coefficient (Wildman–Crippen LogP) is 3.78. The lowest BCUT2D eigenvalue weighted by Crippen LogP contribution is -2.24. The summed E-state index contributed by atoms with van der Waals surface area (Å²) in [5, 5.41) is 0.0540. The summed E-state index contributed by atoms with van der Waals surface area (Å²) >= 11 is 5.84. The summed E-state index contributed by atoms with van der Waals surface area (Å²) < 4.78 is 5.19. The number of nitrogens with zero attached hydrogens (tertiary/aromatic N) is 1. The predicted molar refractivity (Wildman–Crippen MR) is 84.4 cm³/mol. The van der Waals surface area contributed by atoms with Gasteiger partial charge in [0.1, 0.15) is 5.15 Å². The molecular formula is C17H16ClNO3. The Morgan fingerprint density at radius 1 is 1.18 bits per heavy atom. The van der Waals surface area contributed by atoms with Crippen LogP contribution in [0.15, 0.2) is 36.5 Å². The number of hydrogen-bond acceptors (Lipinski definition) is 4. The Balaban J connectivity index is 2.13. The molecule has 0 radical (unpaired) electrons. The molecule has 0 aliphatic carbocycles. The number of esters is 1. The van der Waals surface area contributed by atoms with Crippen molar-refractivity contribution in [3.8, 4) is 0 Å². The molecular weight excluding hydrogens is 302 g/mol. The van der Waals surface area contributed by atoms with Gasteiger partial charge in [-0.25, -0.2) is 9.78 Å². The molecule has 5 heteroatoms. The third-order valence-electron chi connectivity index (χ3n) is 3.42. The number of benzene rings is 1. The van der Waals surface area contributed by atoms with Gasteiger partial charge < -0.3 is 4.74 Å². The minimum atomic E-state index is -0.897. The van der Waals surface area contributed by atoms with Crippen molar-refractivity contribution in [1.82, 2.24) is 4.98 Å². The van der Waals surface area contributed by atoms with E-state index >= 15 is 0 Å². The first-order valence-electron chi connectivity index (χ1n) is 6.83. The van der Waals surface area contributed by atoms with E-state index in [0.29, 0.717) is 5.56 Å². The van der Waals surface area contributed by atoms with E-state index in [-0.39, 0.29) is 16.5 Å². The zero-order valence-corrected chi connectivity index (χ0v) is 13.3. The van der Waals surface area contributed by atoms with Gasteiger partial charge in [0.2, 0.25) is 5.78 Å². The van der Waals surface area contributed by atoms with Crippen molar-refractivity contribution in [1.29, 1.82) is 0 Å². The molecule has 0 amide bonds. The number of carbonyl (C=O) groups is 2. The SMILES string of the molecule is Cc1ccc(C(=O)[C@@H](C)OC(=O)c2cccnc2Cl)cc1C. The van der Waals surface area contributed by atoms with Crippen LogP contribution in [0.25, 0.3) is 0 Å². The molecule has 0 aliphatic heterocycles. The second-order valence-corrected chi connectivity index (χ2v) is 5.41. The van der Waals surface area contributed by atoms with Gasteiger partial charge in [-0.3, -0.25) is 4.79 Å². The molecule has 0 spiro atoms. The molecule has 1 atom stereocenters. The third kappa shape index (κ3) is 3.52. The van der Waals surface area contributed by atoms with Crippen LogP contribution >= 0.6 is 11.6 Å². The normalized spacial score (nSPS) is 11.8. The maximum Gasteiger partial charge on any atom is 0.341 e. The fourth-order valence-corrected chi connectivity index (χ4v) is 2.14. The molecule has 114 valence electrons. The van der Waals surface area contributed by atoms with E-state index in [1.165, 1.54) is 12.3 Å². The number of ketones is 1. The Kier molecular flexibility index (Phi) is 4.93.